The highest BCUT2D eigenvalue weighted by atomic mass is 35.5. The van der Waals surface area contributed by atoms with E-state index in [2.05, 4.69) is 5.10 Å². The highest BCUT2D eigenvalue weighted by Crippen LogP contribution is 2.28. The predicted molar refractivity (Wildman–Crippen MR) is 72.9 cm³/mol. The third-order valence-electron chi connectivity index (χ3n) is 2.55. The zero-order valence-corrected chi connectivity index (χ0v) is 11.4. The van der Waals surface area contributed by atoms with E-state index in [0.29, 0.717) is 11.2 Å². The minimum absolute atomic E-state index is 0.170. The summed E-state index contributed by atoms with van der Waals surface area (Å²) in [5, 5.41) is 7.17. The second-order valence-electron chi connectivity index (χ2n) is 4.08. The lowest BCUT2D eigenvalue weighted by Crippen LogP contribution is -2.19. The van der Waals surface area contributed by atoms with E-state index in [-0.39, 0.29) is 5.56 Å². The standard InChI is InChI=1S/C12H8ClF3N4O2/c13-7-3-1-2-6(4-7)10(21)19-17-5-8-9(12(14,15)16)18-20-11(8)22/h1-5H,(H,19,21)(H2,18,20,22). The monoisotopic (exact) mass is 332 g/mol. The Labute approximate surface area is 126 Å². The molecule has 3 N–H and O–H groups in total. The van der Waals surface area contributed by atoms with Crippen molar-refractivity contribution in [2.45, 2.75) is 6.18 Å². The molecule has 1 amide bonds. The fourth-order valence-corrected chi connectivity index (χ4v) is 1.75. The van der Waals surface area contributed by atoms with E-state index in [1.165, 1.54) is 18.2 Å². The summed E-state index contributed by atoms with van der Waals surface area (Å²) < 4.78 is 37.8. The molecule has 2 aromatic rings. The summed E-state index contributed by atoms with van der Waals surface area (Å²) in [4.78, 5) is 23.0. The topological polar surface area (TPSA) is 90.1 Å². The van der Waals surface area contributed by atoms with E-state index in [9.17, 15) is 22.8 Å². The quantitative estimate of drug-likeness (QED) is 0.593. The number of aromatic nitrogens is 2. The largest absolute Gasteiger partial charge is 0.433 e. The van der Waals surface area contributed by atoms with Crippen molar-refractivity contribution in [2.24, 2.45) is 5.10 Å². The maximum atomic E-state index is 12.6. The van der Waals surface area contributed by atoms with Gasteiger partial charge in [0.25, 0.3) is 11.5 Å². The summed E-state index contributed by atoms with van der Waals surface area (Å²) in [6.07, 6.45) is -4.14. The van der Waals surface area contributed by atoms with Gasteiger partial charge in [-0.3, -0.25) is 19.8 Å². The van der Waals surface area contributed by atoms with Crippen LogP contribution >= 0.6 is 11.6 Å². The van der Waals surface area contributed by atoms with E-state index in [4.69, 9.17) is 11.6 Å². The van der Waals surface area contributed by atoms with Gasteiger partial charge in [-0.25, -0.2) is 5.43 Å². The van der Waals surface area contributed by atoms with Gasteiger partial charge in [-0.1, -0.05) is 17.7 Å². The molecule has 0 aliphatic heterocycles. The first-order valence-corrected chi connectivity index (χ1v) is 6.13. The van der Waals surface area contributed by atoms with Gasteiger partial charge >= 0.3 is 6.18 Å². The Morgan fingerprint density at radius 1 is 1.32 bits per heavy atom. The molecule has 116 valence electrons. The number of halogens is 4. The molecule has 22 heavy (non-hydrogen) atoms. The van der Waals surface area contributed by atoms with Crippen molar-refractivity contribution in [1.82, 2.24) is 15.6 Å². The molecular weight excluding hydrogens is 325 g/mol. The molecule has 6 nitrogen and oxygen atoms in total. The highest BCUT2D eigenvalue weighted by Gasteiger charge is 2.36. The molecule has 1 heterocycles. The van der Waals surface area contributed by atoms with Crippen molar-refractivity contribution in [2.75, 3.05) is 0 Å². The average Bonchev–Trinajstić information content (AvgIpc) is 2.80. The molecule has 1 aromatic heterocycles. The molecule has 0 bridgehead atoms. The molecule has 0 saturated heterocycles. The molecular formula is C12H8ClF3N4O2. The Kier molecular flexibility index (Phi) is 4.36. The van der Waals surface area contributed by atoms with E-state index in [1.54, 1.807) is 16.3 Å². The molecule has 0 atom stereocenters. The van der Waals surface area contributed by atoms with Gasteiger partial charge in [0.1, 0.15) is 0 Å². The summed E-state index contributed by atoms with van der Waals surface area (Å²) in [6.45, 7) is 0. The number of rotatable bonds is 3. The number of nitrogens with zero attached hydrogens (tertiary/aromatic N) is 1. The number of carbonyl (C=O) groups excluding carboxylic acids is 1. The molecule has 0 saturated carbocycles. The van der Waals surface area contributed by atoms with Crippen LogP contribution in [0.15, 0.2) is 34.2 Å². The summed E-state index contributed by atoms with van der Waals surface area (Å²) in [5.41, 5.74) is -0.845. The average molecular weight is 333 g/mol. The molecule has 0 unspecified atom stereocenters. The van der Waals surface area contributed by atoms with Gasteiger partial charge in [-0.2, -0.15) is 18.3 Å². The van der Waals surface area contributed by atoms with Crippen molar-refractivity contribution >= 4 is 23.7 Å². The molecule has 0 radical (unpaired) electrons. The Morgan fingerprint density at radius 3 is 2.68 bits per heavy atom. The third-order valence-corrected chi connectivity index (χ3v) is 2.78. The van der Waals surface area contributed by atoms with Gasteiger partial charge in [-0.15, -0.1) is 0 Å². The number of benzene rings is 1. The second kappa shape index (κ2) is 6.06. The molecule has 2 rings (SSSR count). The first-order chi connectivity index (χ1) is 10.3. The van der Waals surface area contributed by atoms with E-state index in [0.717, 1.165) is 0 Å². The molecule has 1 aromatic carbocycles. The second-order valence-corrected chi connectivity index (χ2v) is 4.51. The van der Waals surface area contributed by atoms with Crippen LogP contribution in [-0.4, -0.2) is 22.3 Å². The van der Waals surface area contributed by atoms with Gasteiger partial charge in [-0.05, 0) is 18.2 Å². The Hall–Kier alpha value is -2.55. The van der Waals surface area contributed by atoms with Crippen LogP contribution in [0.4, 0.5) is 13.2 Å². The van der Waals surface area contributed by atoms with Crippen molar-refractivity contribution in [1.29, 1.82) is 0 Å². The van der Waals surface area contributed by atoms with Crippen molar-refractivity contribution in [3.05, 3.63) is 56.5 Å². The van der Waals surface area contributed by atoms with Crippen LogP contribution in [0.1, 0.15) is 21.6 Å². The third kappa shape index (κ3) is 3.55. The Morgan fingerprint density at radius 2 is 2.05 bits per heavy atom. The number of aromatic amines is 2. The summed E-state index contributed by atoms with van der Waals surface area (Å²) in [6, 6.07) is 5.88. The van der Waals surface area contributed by atoms with Gasteiger partial charge in [0.05, 0.1) is 11.8 Å². The first kappa shape index (κ1) is 15.8. The molecule has 10 heteroatoms. The maximum absolute atomic E-state index is 12.6. The number of nitrogens with one attached hydrogen (secondary N) is 3. The van der Waals surface area contributed by atoms with Crippen molar-refractivity contribution < 1.29 is 18.0 Å². The number of carbonyl (C=O) groups is 1. The number of amides is 1. The highest BCUT2D eigenvalue weighted by molar-refractivity contribution is 6.30. The summed E-state index contributed by atoms with van der Waals surface area (Å²) in [5.74, 6) is -0.681. The van der Waals surface area contributed by atoms with E-state index in [1.807, 2.05) is 5.43 Å². The maximum Gasteiger partial charge on any atom is 0.433 e. The minimum Gasteiger partial charge on any atom is -0.293 e. The molecule has 0 fully saturated rings. The zero-order chi connectivity index (χ0) is 16.3. The number of hydrazone groups is 1. The minimum atomic E-state index is -4.75. The number of alkyl halides is 3. The summed E-state index contributed by atoms with van der Waals surface area (Å²) in [7, 11) is 0. The predicted octanol–water partition coefficient (Wildman–Crippen LogP) is 2.14. The van der Waals surface area contributed by atoms with Gasteiger partial charge in [0.15, 0.2) is 5.69 Å². The normalized spacial score (nSPS) is 11.8. The van der Waals surface area contributed by atoms with Gasteiger partial charge in [0, 0.05) is 10.6 Å². The molecule has 0 aliphatic rings. The lowest BCUT2D eigenvalue weighted by Gasteiger charge is -2.03. The van der Waals surface area contributed by atoms with Crippen molar-refractivity contribution in [3.8, 4) is 0 Å². The molecule has 0 aliphatic carbocycles. The van der Waals surface area contributed by atoms with Crippen LogP contribution < -0.4 is 11.0 Å². The number of hydrogen-bond donors (Lipinski definition) is 3. The van der Waals surface area contributed by atoms with Crippen LogP contribution in [0, 0.1) is 0 Å². The lowest BCUT2D eigenvalue weighted by atomic mass is 10.2. The van der Waals surface area contributed by atoms with Crippen LogP contribution in [0.3, 0.4) is 0 Å². The SMILES string of the molecule is O=C(NN=Cc1c(C(F)(F)F)[nH][nH]c1=O)c1cccc(Cl)c1. The van der Waals surface area contributed by atoms with Crippen LogP contribution in [-0.2, 0) is 6.18 Å². The van der Waals surface area contributed by atoms with Crippen molar-refractivity contribution in [3.63, 3.8) is 0 Å². The van der Waals surface area contributed by atoms with Crippen LogP contribution in [0.2, 0.25) is 5.02 Å². The lowest BCUT2D eigenvalue weighted by molar-refractivity contribution is -0.141. The first-order valence-electron chi connectivity index (χ1n) is 5.76. The van der Waals surface area contributed by atoms with E-state index >= 15 is 0 Å². The summed E-state index contributed by atoms with van der Waals surface area (Å²) >= 11 is 5.70. The zero-order valence-electron chi connectivity index (χ0n) is 10.7. The smallest absolute Gasteiger partial charge is 0.293 e. The fourth-order valence-electron chi connectivity index (χ4n) is 1.56. The fraction of sp³-hybridized carbons (Fsp3) is 0.0833. The van der Waals surface area contributed by atoms with Crippen LogP contribution in [0.5, 0.6) is 0 Å². The van der Waals surface area contributed by atoms with Crippen LogP contribution in [0.25, 0.3) is 0 Å². The Bertz CT molecular complexity index is 779. The molecule has 0 spiro atoms. The van der Waals surface area contributed by atoms with E-state index < -0.39 is 28.9 Å². The van der Waals surface area contributed by atoms with Gasteiger partial charge in [0.2, 0.25) is 0 Å². The number of hydrogen-bond acceptors (Lipinski definition) is 3. The Balaban J connectivity index is 2.15. The van der Waals surface area contributed by atoms with Gasteiger partial charge < -0.3 is 0 Å². The number of H-pyrrole nitrogens is 2.